The second-order valence-corrected chi connectivity index (χ2v) is 26.5. The molecule has 0 aliphatic carbocycles. The number of hydrogen-bond acceptors (Lipinski definition) is 43. The highest BCUT2D eigenvalue weighted by atomic mass is 16.8. The highest BCUT2D eigenvalue weighted by molar-refractivity contribution is 5.77. The summed E-state index contributed by atoms with van der Waals surface area (Å²) in [5.74, 6) is -9.49. The van der Waals surface area contributed by atoms with Crippen LogP contribution < -0.4 is 21.3 Å². The van der Waals surface area contributed by atoms with E-state index in [2.05, 4.69) is 21.3 Å². The van der Waals surface area contributed by atoms with Crippen LogP contribution in [0, 0.1) is 0 Å². The lowest BCUT2D eigenvalue weighted by molar-refractivity contribution is -0.401. The number of amides is 4. The van der Waals surface area contributed by atoms with Gasteiger partial charge in [-0.2, -0.15) is 0 Å². The fourth-order valence-electron chi connectivity index (χ4n) is 13.3. The number of carbonyl (C=O) groups excluding carboxylic acids is 4. The van der Waals surface area contributed by atoms with Gasteiger partial charge < -0.3 is 215 Å². The van der Waals surface area contributed by atoms with Gasteiger partial charge in [0.15, 0.2) is 37.7 Å². The Morgan fingerprint density at radius 3 is 1.28 bits per heavy atom. The van der Waals surface area contributed by atoms with Gasteiger partial charge in [-0.15, -0.1) is 0 Å². The smallest absolute Gasteiger partial charge is 0.364 e. The van der Waals surface area contributed by atoms with Gasteiger partial charge in [0, 0.05) is 34.1 Å². The monoisotopic (exact) mass is 1570 g/mol. The fourth-order valence-corrected chi connectivity index (χ4v) is 13.3. The number of rotatable bonds is 33. The number of aliphatic carboxylic acids is 1. The van der Waals surface area contributed by atoms with Crippen LogP contribution in [0.3, 0.4) is 0 Å². The molecule has 7 fully saturated rings. The lowest BCUT2D eigenvalue weighted by Gasteiger charge is -2.52. The van der Waals surface area contributed by atoms with E-state index in [1.165, 1.54) is 0 Å². The number of carboxylic acid groups (broad SMARTS) is 1. The summed E-state index contributed by atoms with van der Waals surface area (Å²) in [4.78, 5) is 64.6. The van der Waals surface area contributed by atoms with Crippen LogP contribution >= 0.6 is 0 Å². The lowest BCUT2D eigenvalue weighted by Crippen LogP contribution is -2.72. The maximum atomic E-state index is 13.7. The summed E-state index contributed by atoms with van der Waals surface area (Å²) in [5, 5.41) is 283. The van der Waals surface area contributed by atoms with Gasteiger partial charge in [0.1, 0.15) is 189 Å². The molecule has 0 spiro atoms. The number of hydrogen-bond donors (Lipinski definition) is 29. The highest BCUT2D eigenvalue weighted by Gasteiger charge is 2.63. The lowest BCUT2D eigenvalue weighted by atomic mass is 9.88. The van der Waals surface area contributed by atoms with Crippen LogP contribution in [-0.4, -0.2) is 461 Å². The van der Waals surface area contributed by atoms with E-state index in [1.54, 1.807) is 0 Å². The quantitative estimate of drug-likeness (QED) is 0.0290. The number of aliphatic hydroxyl groups is 24. The van der Waals surface area contributed by atoms with Gasteiger partial charge in [-0.05, 0) is 0 Å². The third-order valence-electron chi connectivity index (χ3n) is 18.9. The second-order valence-electron chi connectivity index (χ2n) is 26.5. The minimum absolute atomic E-state index is 0.862. The molecule has 620 valence electrons. The summed E-state index contributed by atoms with van der Waals surface area (Å²) in [6.07, 6.45) is -77.5. The zero-order chi connectivity index (χ0) is 79.7. The normalized spacial score (nSPS) is 43.8. The van der Waals surface area contributed by atoms with Crippen LogP contribution in [-0.2, 0) is 90.3 Å². The Hall–Kier alpha value is -4.17. The Morgan fingerprint density at radius 1 is 0.402 bits per heavy atom. The molecule has 0 aromatic rings. The largest absolute Gasteiger partial charge is 0.477 e. The van der Waals surface area contributed by atoms with Crippen LogP contribution in [0.5, 0.6) is 0 Å². The van der Waals surface area contributed by atoms with Crippen molar-refractivity contribution in [2.45, 2.75) is 279 Å². The van der Waals surface area contributed by atoms with Gasteiger partial charge in [-0.1, -0.05) is 0 Å². The Bertz CT molecular complexity index is 2820. The number of carboxylic acids is 1. The van der Waals surface area contributed by atoms with Crippen LogP contribution in [0.2, 0.25) is 0 Å². The minimum atomic E-state index is -3.46. The van der Waals surface area contributed by atoms with Gasteiger partial charge >= 0.3 is 5.97 Å². The van der Waals surface area contributed by atoms with Crippen molar-refractivity contribution in [1.82, 2.24) is 21.3 Å². The summed E-state index contributed by atoms with van der Waals surface area (Å²) in [7, 11) is 0. The van der Waals surface area contributed by atoms with E-state index in [-0.39, 0.29) is 0 Å². The van der Waals surface area contributed by atoms with Crippen molar-refractivity contribution in [3.05, 3.63) is 0 Å². The summed E-state index contributed by atoms with van der Waals surface area (Å²) >= 11 is 0. The van der Waals surface area contributed by atoms with Crippen molar-refractivity contribution in [3.63, 3.8) is 0 Å². The molecular weight excluding hydrogens is 1470 g/mol. The van der Waals surface area contributed by atoms with Gasteiger partial charge in [-0.3, -0.25) is 19.2 Å². The summed E-state index contributed by atoms with van der Waals surface area (Å²) < 4.78 is 82.6. The summed E-state index contributed by atoms with van der Waals surface area (Å²) in [6, 6.07) is -7.64. The van der Waals surface area contributed by atoms with Crippen LogP contribution in [0.15, 0.2) is 0 Å². The molecule has 0 bridgehead atoms. The molecule has 48 heteroatoms. The molecule has 7 aliphatic heterocycles. The van der Waals surface area contributed by atoms with Crippen molar-refractivity contribution in [3.8, 4) is 0 Å². The molecule has 0 unspecified atom stereocenters. The Labute approximate surface area is 605 Å². The zero-order valence-corrected chi connectivity index (χ0v) is 57.5. The zero-order valence-electron chi connectivity index (χ0n) is 57.5. The molecule has 0 radical (unpaired) electrons. The molecule has 7 rings (SSSR count). The van der Waals surface area contributed by atoms with E-state index in [9.17, 15) is 152 Å². The minimum Gasteiger partial charge on any atom is -0.477 e. The molecule has 7 aliphatic rings. The van der Waals surface area contributed by atoms with Crippen molar-refractivity contribution >= 4 is 29.6 Å². The number of aliphatic hydroxyl groups excluding tert-OH is 24. The fraction of sp³-hybridized carbons (Fsp3) is 0.915. The predicted molar refractivity (Wildman–Crippen MR) is 330 cm³/mol. The first kappa shape index (κ1) is 90.0. The van der Waals surface area contributed by atoms with Gasteiger partial charge in [0.25, 0.3) is 5.79 Å². The number of carbonyl (C=O) groups is 5. The van der Waals surface area contributed by atoms with E-state index in [1.807, 2.05) is 0 Å². The predicted octanol–water partition coefficient (Wildman–Crippen LogP) is -19.0. The van der Waals surface area contributed by atoms with Crippen LogP contribution in [0.4, 0.5) is 0 Å². The van der Waals surface area contributed by atoms with Crippen LogP contribution in [0.25, 0.3) is 0 Å². The van der Waals surface area contributed by atoms with E-state index >= 15 is 0 Å². The number of ether oxygens (including phenoxy) is 14. The molecular formula is C59H100N4O44. The maximum absolute atomic E-state index is 13.7. The number of nitrogens with one attached hydrogen (secondary N) is 4. The van der Waals surface area contributed by atoms with E-state index in [0.29, 0.717) is 0 Å². The highest BCUT2D eigenvalue weighted by Crippen LogP contribution is 2.42. The average Bonchev–Trinajstić information content (AvgIpc) is 0.749. The standard InChI is InChI=1S/C59H100N4O44/c1-15(72)60-29-19(76)5-59(58(92)93,106-49(29)34(81)21(78)7-65)107-51-44(91)57(99-27(13-71)48(51)104-53-30(61-16(2)73)38(85)35(82)23(9-67)95-53)103-47-26(12-70)98-54(32(40(47)87)63-18(4)75)105-50-37(84)28(100-56(43(50)90)101-45(22(79)8-66)33(80)20(77)6-64)14-94-52-31(62-17(3)74)39(86)46(25(11-69)97-52)102-55-42(89)41(88)36(83)24(10-68)96-55/h19-57,64-71,76-91H,5-14H2,1-4H3,(H,60,72)(H,61,73)(H,62,74)(H,63,75)(H,92,93)/t19-,20-,21+,22+,23+,24+,25+,26+,27+,28+,29+,30+,31+,32+,33+,34+,35-,36-,37-,38+,39+,40+,41-,42+,43+,44+,45+,46+,47+,48-,49+,50-,51+,52+,53-,54-,55-,56-,57-,59-/m0/s1. The topological polar surface area (TPSA) is 768 Å². The molecule has 4 amide bonds. The molecule has 0 aromatic carbocycles. The van der Waals surface area contributed by atoms with Crippen molar-refractivity contribution in [2.75, 3.05) is 59.5 Å². The Balaban J connectivity index is 1.24. The van der Waals surface area contributed by atoms with Crippen molar-refractivity contribution < 1.29 is 218 Å². The Morgan fingerprint density at radius 2 is 0.794 bits per heavy atom. The first-order chi connectivity index (χ1) is 50.4. The van der Waals surface area contributed by atoms with Gasteiger partial charge in [0.2, 0.25) is 23.6 Å². The van der Waals surface area contributed by atoms with Gasteiger partial charge in [-0.25, -0.2) is 4.79 Å². The Kier molecular flexibility index (Phi) is 33.3. The van der Waals surface area contributed by atoms with E-state index < -0.39 is 340 Å². The second kappa shape index (κ2) is 39.5. The molecule has 0 aromatic heterocycles. The van der Waals surface area contributed by atoms with Gasteiger partial charge in [0.05, 0.1) is 71.6 Å². The molecule has 48 nitrogen and oxygen atoms in total. The molecule has 107 heavy (non-hydrogen) atoms. The summed E-state index contributed by atoms with van der Waals surface area (Å²) in [5.41, 5.74) is 0. The third kappa shape index (κ3) is 20.6. The van der Waals surface area contributed by atoms with Crippen molar-refractivity contribution in [1.29, 1.82) is 0 Å². The van der Waals surface area contributed by atoms with E-state index in [0.717, 1.165) is 27.7 Å². The molecule has 7 heterocycles. The van der Waals surface area contributed by atoms with Crippen molar-refractivity contribution in [2.24, 2.45) is 0 Å². The third-order valence-corrected chi connectivity index (χ3v) is 18.9. The maximum Gasteiger partial charge on any atom is 0.364 e. The van der Waals surface area contributed by atoms with E-state index in [4.69, 9.17) is 66.3 Å². The average molecular weight is 1570 g/mol. The molecule has 7 saturated heterocycles. The molecule has 40 atom stereocenters. The first-order valence-corrected chi connectivity index (χ1v) is 33.7. The molecule has 0 saturated carbocycles. The molecule has 29 N–H and O–H groups in total. The summed E-state index contributed by atoms with van der Waals surface area (Å²) in [6.45, 7) is -6.90. The SMILES string of the molecule is CC(=O)N[C@H]1[C@H](OC[C@H]2O[C@@H](O[C@@H]([C@H](O)[C@@H](O)CO)[C@H](O)CO)[C@H](O)[C@@H](O[C@@H]3O[C@H](CO)[C@@H](O[C@@H]4O[C@H](CO)[C@H](O[C@@H]5O[C@H](CO)[C@H](O)[C@H](O)[C@H]5NC(C)=O)[C@H](O[C@]5(C(=O)O)C[C@H](O)[C@@H](NC(C)=O)[C@H]([C@H](O)[C@H](O)CO)O5)[C@H]4O)[C@H](O)[C@H]3NC(C)=O)[C@H]2O)O[C@H](CO)[C@@H](O[C@@H]2O[C@H](CO)[C@H](O)[C@H](O)[C@H]2O)[C@@H]1O. The van der Waals surface area contributed by atoms with Crippen LogP contribution in [0.1, 0.15) is 34.1 Å². The first-order valence-electron chi connectivity index (χ1n) is 33.7.